The highest BCUT2D eigenvalue weighted by Crippen LogP contribution is 2.28. The zero-order valence-electron chi connectivity index (χ0n) is 13.7. The average Bonchev–Trinajstić information content (AvgIpc) is 3.24. The summed E-state index contributed by atoms with van der Waals surface area (Å²) in [6, 6.07) is 13.9. The van der Waals surface area contributed by atoms with E-state index in [4.69, 9.17) is 0 Å². The Morgan fingerprint density at radius 3 is 2.61 bits per heavy atom. The first-order valence-electron chi connectivity index (χ1n) is 8.74. The van der Waals surface area contributed by atoms with Crippen LogP contribution in [0.15, 0.2) is 36.4 Å². The van der Waals surface area contributed by atoms with Crippen LogP contribution in [-0.4, -0.2) is 34.2 Å². The predicted octanol–water partition coefficient (Wildman–Crippen LogP) is 3.87. The number of rotatable bonds is 5. The number of nitrogens with one attached hydrogen (secondary N) is 1. The second-order valence-electron chi connectivity index (χ2n) is 6.77. The van der Waals surface area contributed by atoms with Crippen molar-refractivity contribution in [3.8, 4) is 11.3 Å². The van der Waals surface area contributed by atoms with Crippen molar-refractivity contribution in [2.45, 2.75) is 44.7 Å². The topological polar surface area (TPSA) is 41.1 Å². The molecular formula is C19H24N4. The highest BCUT2D eigenvalue weighted by molar-refractivity contribution is 5.60. The van der Waals surface area contributed by atoms with Crippen molar-refractivity contribution in [2.24, 2.45) is 0 Å². The molecule has 1 saturated carbocycles. The van der Waals surface area contributed by atoms with E-state index < -0.39 is 0 Å². The van der Waals surface area contributed by atoms with Gasteiger partial charge in [0, 0.05) is 17.6 Å². The molecule has 0 bridgehead atoms. The number of likely N-dealkylation sites (tertiary alicyclic amines) is 1. The van der Waals surface area contributed by atoms with Crippen LogP contribution in [0.2, 0.25) is 0 Å². The van der Waals surface area contributed by atoms with Gasteiger partial charge in [-0.2, -0.15) is 0 Å². The molecule has 4 rings (SSSR count). The third-order valence-electron chi connectivity index (χ3n) is 4.95. The number of aromatic nitrogens is 2. The van der Waals surface area contributed by atoms with Crippen LogP contribution in [0.5, 0.6) is 0 Å². The SMILES string of the molecule is CC(c1cccc(-c2ccc(NC3CC3)nn2)c1)N1CCCC1. The van der Waals surface area contributed by atoms with E-state index in [-0.39, 0.29) is 0 Å². The maximum absolute atomic E-state index is 4.40. The lowest BCUT2D eigenvalue weighted by Gasteiger charge is -2.24. The van der Waals surface area contributed by atoms with Crippen molar-refractivity contribution in [2.75, 3.05) is 18.4 Å². The van der Waals surface area contributed by atoms with Crippen LogP contribution in [0.1, 0.15) is 44.2 Å². The van der Waals surface area contributed by atoms with E-state index in [2.05, 4.69) is 57.7 Å². The Morgan fingerprint density at radius 1 is 1.09 bits per heavy atom. The second-order valence-corrected chi connectivity index (χ2v) is 6.77. The summed E-state index contributed by atoms with van der Waals surface area (Å²) in [4.78, 5) is 2.56. The van der Waals surface area contributed by atoms with Crippen LogP contribution < -0.4 is 5.32 Å². The molecule has 1 saturated heterocycles. The maximum Gasteiger partial charge on any atom is 0.148 e. The Labute approximate surface area is 137 Å². The summed E-state index contributed by atoms with van der Waals surface area (Å²) in [5, 5.41) is 12.1. The van der Waals surface area contributed by atoms with E-state index in [1.807, 2.05) is 6.07 Å². The zero-order chi connectivity index (χ0) is 15.6. The smallest absolute Gasteiger partial charge is 0.148 e. The number of nitrogens with zero attached hydrogens (tertiary/aromatic N) is 3. The third-order valence-corrected chi connectivity index (χ3v) is 4.95. The first kappa shape index (κ1) is 14.6. The molecule has 2 heterocycles. The number of anilines is 1. The lowest BCUT2D eigenvalue weighted by molar-refractivity contribution is 0.263. The monoisotopic (exact) mass is 308 g/mol. The molecule has 1 aromatic heterocycles. The molecule has 0 radical (unpaired) electrons. The minimum absolute atomic E-state index is 0.473. The third kappa shape index (κ3) is 3.37. The van der Waals surface area contributed by atoms with E-state index >= 15 is 0 Å². The van der Waals surface area contributed by atoms with Gasteiger partial charge in [0.1, 0.15) is 5.82 Å². The fourth-order valence-corrected chi connectivity index (χ4v) is 3.30. The summed E-state index contributed by atoms with van der Waals surface area (Å²) in [6.45, 7) is 4.73. The van der Waals surface area contributed by atoms with Gasteiger partial charge in [-0.15, -0.1) is 10.2 Å². The highest BCUT2D eigenvalue weighted by atomic mass is 15.2. The van der Waals surface area contributed by atoms with Crippen molar-refractivity contribution in [3.05, 3.63) is 42.0 Å². The van der Waals surface area contributed by atoms with Gasteiger partial charge in [-0.05, 0) is 69.5 Å². The van der Waals surface area contributed by atoms with Crippen LogP contribution >= 0.6 is 0 Å². The molecule has 2 aliphatic rings. The van der Waals surface area contributed by atoms with Crippen LogP contribution in [0, 0.1) is 0 Å². The molecule has 4 heteroatoms. The Balaban J connectivity index is 1.52. The van der Waals surface area contributed by atoms with E-state index in [0.717, 1.165) is 17.1 Å². The van der Waals surface area contributed by atoms with Crippen molar-refractivity contribution in [1.82, 2.24) is 15.1 Å². The van der Waals surface area contributed by atoms with Gasteiger partial charge >= 0.3 is 0 Å². The van der Waals surface area contributed by atoms with Gasteiger partial charge < -0.3 is 5.32 Å². The summed E-state index contributed by atoms with van der Waals surface area (Å²) in [6.07, 6.45) is 5.15. The number of benzene rings is 1. The van der Waals surface area contributed by atoms with Crippen molar-refractivity contribution in [3.63, 3.8) is 0 Å². The summed E-state index contributed by atoms with van der Waals surface area (Å²) in [7, 11) is 0. The molecule has 1 aliphatic carbocycles. The van der Waals surface area contributed by atoms with Gasteiger partial charge in [0.2, 0.25) is 0 Å². The molecule has 120 valence electrons. The van der Waals surface area contributed by atoms with Gasteiger partial charge in [0.15, 0.2) is 0 Å². The molecule has 1 atom stereocenters. The zero-order valence-corrected chi connectivity index (χ0v) is 13.7. The summed E-state index contributed by atoms with van der Waals surface area (Å²) < 4.78 is 0. The van der Waals surface area contributed by atoms with Crippen molar-refractivity contribution in [1.29, 1.82) is 0 Å². The van der Waals surface area contributed by atoms with E-state index in [1.165, 1.54) is 44.3 Å². The standard InChI is InChI=1S/C19H24N4/c1-14(23-11-2-3-12-23)15-5-4-6-16(13-15)18-9-10-19(22-21-18)20-17-7-8-17/h4-6,9-10,13-14,17H,2-3,7-8,11-12H2,1H3,(H,20,22). The fraction of sp³-hybridized carbons (Fsp3) is 0.474. The van der Waals surface area contributed by atoms with Gasteiger partial charge in [0.05, 0.1) is 5.69 Å². The van der Waals surface area contributed by atoms with Crippen LogP contribution in [0.25, 0.3) is 11.3 Å². The molecular weight excluding hydrogens is 284 g/mol. The Kier molecular flexibility index (Phi) is 4.00. The van der Waals surface area contributed by atoms with Gasteiger partial charge in [-0.25, -0.2) is 0 Å². The molecule has 4 nitrogen and oxygen atoms in total. The Bertz CT molecular complexity index is 657. The largest absolute Gasteiger partial charge is 0.366 e. The Hall–Kier alpha value is -1.94. The van der Waals surface area contributed by atoms with Crippen LogP contribution in [0.4, 0.5) is 5.82 Å². The number of hydrogen-bond acceptors (Lipinski definition) is 4. The van der Waals surface area contributed by atoms with E-state index in [1.54, 1.807) is 0 Å². The quantitative estimate of drug-likeness (QED) is 0.910. The minimum Gasteiger partial charge on any atom is -0.366 e. The molecule has 1 unspecified atom stereocenters. The molecule has 1 aliphatic heterocycles. The Morgan fingerprint density at radius 2 is 1.91 bits per heavy atom. The fourth-order valence-electron chi connectivity index (χ4n) is 3.30. The first-order chi connectivity index (χ1) is 11.3. The van der Waals surface area contributed by atoms with Gasteiger partial charge in [-0.1, -0.05) is 18.2 Å². The molecule has 23 heavy (non-hydrogen) atoms. The highest BCUT2D eigenvalue weighted by Gasteiger charge is 2.21. The summed E-state index contributed by atoms with van der Waals surface area (Å²) >= 11 is 0. The van der Waals surface area contributed by atoms with E-state index in [0.29, 0.717) is 12.1 Å². The van der Waals surface area contributed by atoms with Crippen molar-refractivity contribution < 1.29 is 0 Å². The van der Waals surface area contributed by atoms with Crippen LogP contribution in [-0.2, 0) is 0 Å². The molecule has 0 spiro atoms. The molecule has 2 fully saturated rings. The second kappa shape index (κ2) is 6.28. The van der Waals surface area contributed by atoms with Gasteiger partial charge in [0.25, 0.3) is 0 Å². The molecule has 2 aromatic rings. The normalized spacial score (nSPS) is 19.7. The van der Waals surface area contributed by atoms with Crippen LogP contribution in [0.3, 0.4) is 0 Å². The van der Waals surface area contributed by atoms with E-state index in [9.17, 15) is 0 Å². The molecule has 0 amide bonds. The summed E-state index contributed by atoms with van der Waals surface area (Å²) in [5.41, 5.74) is 3.47. The molecule has 1 aromatic carbocycles. The lowest BCUT2D eigenvalue weighted by Crippen LogP contribution is -2.23. The first-order valence-corrected chi connectivity index (χ1v) is 8.74. The number of hydrogen-bond donors (Lipinski definition) is 1. The van der Waals surface area contributed by atoms with Gasteiger partial charge in [-0.3, -0.25) is 4.90 Å². The average molecular weight is 308 g/mol. The minimum atomic E-state index is 0.473. The summed E-state index contributed by atoms with van der Waals surface area (Å²) in [5.74, 6) is 0.887. The molecule has 1 N–H and O–H groups in total. The lowest BCUT2D eigenvalue weighted by atomic mass is 10.0. The predicted molar refractivity (Wildman–Crippen MR) is 93.3 cm³/mol. The maximum atomic E-state index is 4.40. The van der Waals surface area contributed by atoms with Crippen molar-refractivity contribution >= 4 is 5.82 Å².